The van der Waals surface area contributed by atoms with Crippen molar-refractivity contribution in [1.82, 2.24) is 0 Å². The molecule has 0 aromatic rings. The van der Waals surface area contributed by atoms with Crippen molar-refractivity contribution in [3.8, 4) is 0 Å². The molecular weight excluding hydrogens is 280 g/mol. The van der Waals surface area contributed by atoms with Crippen LogP contribution in [0.2, 0.25) is 0 Å². The van der Waals surface area contributed by atoms with Crippen molar-refractivity contribution in [3.63, 3.8) is 0 Å². The SMILES string of the molecule is COC(=O)[C@H](N)CC(C(F)(F)F)C(F)(F)F.Cl. The molecule has 10 heteroatoms. The molecule has 0 radical (unpaired) electrons. The fraction of sp³-hybridized carbons (Fsp3) is 0.857. The molecule has 0 aliphatic carbocycles. The topological polar surface area (TPSA) is 52.3 Å². The number of hydrogen-bond acceptors (Lipinski definition) is 3. The second kappa shape index (κ2) is 6.29. The summed E-state index contributed by atoms with van der Waals surface area (Å²) in [6.45, 7) is 0. The summed E-state index contributed by atoms with van der Waals surface area (Å²) in [5.41, 5.74) is 4.85. The second-order valence-corrected chi connectivity index (χ2v) is 3.00. The molecule has 0 heterocycles. The molecule has 0 saturated heterocycles. The Kier molecular flexibility index (Phi) is 6.91. The summed E-state index contributed by atoms with van der Waals surface area (Å²) < 4.78 is 76.0. The average Bonchev–Trinajstić information content (AvgIpc) is 2.08. The first kappa shape index (κ1) is 18.7. The van der Waals surface area contributed by atoms with Crippen molar-refractivity contribution in [1.29, 1.82) is 0 Å². The van der Waals surface area contributed by atoms with Crippen molar-refractivity contribution < 1.29 is 35.9 Å². The van der Waals surface area contributed by atoms with E-state index in [1.165, 1.54) is 0 Å². The molecule has 0 saturated carbocycles. The van der Waals surface area contributed by atoms with Gasteiger partial charge in [0.05, 0.1) is 7.11 Å². The lowest BCUT2D eigenvalue weighted by molar-refractivity contribution is -0.286. The van der Waals surface area contributed by atoms with Gasteiger partial charge in [-0.1, -0.05) is 0 Å². The van der Waals surface area contributed by atoms with Crippen LogP contribution in [0, 0.1) is 5.92 Å². The van der Waals surface area contributed by atoms with E-state index in [9.17, 15) is 31.1 Å². The number of esters is 1. The molecule has 3 nitrogen and oxygen atoms in total. The third-order valence-corrected chi connectivity index (χ3v) is 1.78. The van der Waals surface area contributed by atoms with Crippen LogP contribution >= 0.6 is 12.4 Å². The number of hydrogen-bond donors (Lipinski definition) is 1. The van der Waals surface area contributed by atoms with Gasteiger partial charge in [-0.3, -0.25) is 4.79 Å². The minimum absolute atomic E-state index is 0. The average molecular weight is 290 g/mol. The molecule has 0 aliphatic rings. The maximum Gasteiger partial charge on any atom is 0.400 e. The summed E-state index contributed by atoms with van der Waals surface area (Å²) in [6.07, 6.45) is -12.6. The van der Waals surface area contributed by atoms with Crippen molar-refractivity contribution in [2.45, 2.75) is 24.8 Å². The molecule has 104 valence electrons. The Morgan fingerprint density at radius 1 is 1.18 bits per heavy atom. The molecule has 0 bridgehead atoms. The van der Waals surface area contributed by atoms with Gasteiger partial charge in [-0.25, -0.2) is 0 Å². The highest BCUT2D eigenvalue weighted by atomic mass is 35.5. The predicted molar refractivity (Wildman–Crippen MR) is 47.5 cm³/mol. The van der Waals surface area contributed by atoms with Crippen LogP contribution in [-0.2, 0) is 9.53 Å². The fourth-order valence-electron chi connectivity index (χ4n) is 0.954. The predicted octanol–water partition coefficient (Wildman–Crippen LogP) is 2.04. The maximum atomic E-state index is 12.0. The van der Waals surface area contributed by atoms with Gasteiger partial charge in [0.2, 0.25) is 0 Å². The van der Waals surface area contributed by atoms with Gasteiger partial charge in [-0.2, -0.15) is 26.3 Å². The van der Waals surface area contributed by atoms with Crippen molar-refractivity contribution in [2.24, 2.45) is 11.7 Å². The monoisotopic (exact) mass is 289 g/mol. The zero-order chi connectivity index (χ0) is 13.1. The summed E-state index contributed by atoms with van der Waals surface area (Å²) in [5, 5.41) is 0. The number of methoxy groups -OCH3 is 1. The molecular formula is C7H10ClF6NO2. The normalized spacial score (nSPS) is 14.2. The number of halogens is 7. The maximum absolute atomic E-state index is 12.0. The van der Waals surface area contributed by atoms with Gasteiger partial charge in [0, 0.05) is 0 Å². The molecule has 17 heavy (non-hydrogen) atoms. The fourth-order valence-corrected chi connectivity index (χ4v) is 0.954. The number of ether oxygens (including phenoxy) is 1. The van der Waals surface area contributed by atoms with E-state index < -0.39 is 36.7 Å². The van der Waals surface area contributed by atoms with E-state index in [1.54, 1.807) is 0 Å². The summed E-state index contributed by atoms with van der Waals surface area (Å²) in [5.74, 6) is -4.95. The highest BCUT2D eigenvalue weighted by Gasteiger charge is 2.57. The van der Waals surface area contributed by atoms with Crippen LogP contribution in [0.1, 0.15) is 6.42 Å². The van der Waals surface area contributed by atoms with Crippen LogP contribution in [-0.4, -0.2) is 31.5 Å². The minimum atomic E-state index is -5.50. The summed E-state index contributed by atoms with van der Waals surface area (Å²) in [4.78, 5) is 10.6. The third-order valence-electron chi connectivity index (χ3n) is 1.78. The van der Waals surface area contributed by atoms with Crippen LogP contribution in [0.3, 0.4) is 0 Å². The Hall–Kier alpha value is -0.700. The van der Waals surface area contributed by atoms with E-state index in [2.05, 4.69) is 4.74 Å². The van der Waals surface area contributed by atoms with Crippen molar-refractivity contribution >= 4 is 18.4 Å². The molecule has 0 fully saturated rings. The van der Waals surface area contributed by atoms with Crippen LogP contribution in [0.5, 0.6) is 0 Å². The number of alkyl halides is 6. The van der Waals surface area contributed by atoms with Gasteiger partial charge in [0.15, 0.2) is 5.92 Å². The van der Waals surface area contributed by atoms with Crippen molar-refractivity contribution in [3.05, 3.63) is 0 Å². The van der Waals surface area contributed by atoms with Gasteiger partial charge < -0.3 is 10.5 Å². The lowest BCUT2D eigenvalue weighted by Crippen LogP contribution is -2.43. The van der Waals surface area contributed by atoms with Gasteiger partial charge in [0.25, 0.3) is 0 Å². The quantitative estimate of drug-likeness (QED) is 0.639. The molecule has 1 atom stereocenters. The van der Waals surface area contributed by atoms with E-state index in [-0.39, 0.29) is 12.4 Å². The van der Waals surface area contributed by atoms with Gasteiger partial charge in [-0.15, -0.1) is 12.4 Å². The molecule has 0 aliphatic heterocycles. The minimum Gasteiger partial charge on any atom is -0.468 e. The second-order valence-electron chi connectivity index (χ2n) is 3.00. The van der Waals surface area contributed by atoms with Gasteiger partial charge in [0.1, 0.15) is 6.04 Å². The molecule has 0 rings (SSSR count). The third kappa shape index (κ3) is 5.97. The molecule has 2 N–H and O–H groups in total. The first-order chi connectivity index (χ1) is 7.00. The Bertz CT molecular complexity index is 240. The van der Waals surface area contributed by atoms with E-state index in [1.807, 2.05) is 0 Å². The number of carbonyl (C=O) groups is 1. The molecule has 0 aromatic carbocycles. The highest BCUT2D eigenvalue weighted by Crippen LogP contribution is 2.41. The Morgan fingerprint density at radius 2 is 1.53 bits per heavy atom. The molecule has 0 amide bonds. The Balaban J connectivity index is 0. The van der Waals surface area contributed by atoms with E-state index in [4.69, 9.17) is 5.73 Å². The van der Waals surface area contributed by atoms with Gasteiger partial charge >= 0.3 is 18.3 Å². The zero-order valence-corrected chi connectivity index (χ0v) is 9.25. The lowest BCUT2D eigenvalue weighted by Gasteiger charge is -2.24. The summed E-state index contributed by atoms with van der Waals surface area (Å²) in [6, 6.07) is -1.96. The number of carbonyl (C=O) groups excluding carboxylic acids is 1. The summed E-state index contributed by atoms with van der Waals surface area (Å²) >= 11 is 0. The van der Waals surface area contributed by atoms with Crippen LogP contribution in [0.25, 0.3) is 0 Å². The van der Waals surface area contributed by atoms with Crippen molar-refractivity contribution in [2.75, 3.05) is 7.11 Å². The first-order valence-electron chi connectivity index (χ1n) is 3.97. The first-order valence-corrected chi connectivity index (χ1v) is 3.97. The van der Waals surface area contributed by atoms with E-state index >= 15 is 0 Å². The van der Waals surface area contributed by atoms with Crippen LogP contribution < -0.4 is 5.73 Å². The van der Waals surface area contributed by atoms with Gasteiger partial charge in [-0.05, 0) is 6.42 Å². The number of nitrogens with two attached hydrogens (primary N) is 1. The zero-order valence-electron chi connectivity index (χ0n) is 8.43. The molecule has 0 spiro atoms. The summed E-state index contributed by atoms with van der Waals surface area (Å²) in [7, 11) is 0.818. The van der Waals surface area contributed by atoms with E-state index in [0.717, 1.165) is 7.11 Å². The Labute approximate surface area is 98.7 Å². The number of rotatable bonds is 3. The molecule has 0 aromatic heterocycles. The largest absolute Gasteiger partial charge is 0.468 e. The standard InChI is InChI=1S/C7H9F6NO2.ClH/c1-16-5(15)3(14)2-4(6(8,9)10)7(11,12)13;/h3-4H,2,14H2,1H3;1H/t3-;/m1./s1. The lowest BCUT2D eigenvalue weighted by atomic mass is 9.99. The van der Waals surface area contributed by atoms with Crippen LogP contribution in [0.15, 0.2) is 0 Å². The van der Waals surface area contributed by atoms with E-state index in [0.29, 0.717) is 0 Å². The van der Waals surface area contributed by atoms with Crippen LogP contribution in [0.4, 0.5) is 26.3 Å². The highest BCUT2D eigenvalue weighted by molar-refractivity contribution is 5.85. The smallest absolute Gasteiger partial charge is 0.400 e. The molecule has 0 unspecified atom stereocenters. The Morgan fingerprint density at radius 3 is 1.76 bits per heavy atom.